The Kier molecular flexibility index (Phi) is 3.52. The molecule has 0 radical (unpaired) electrons. The van der Waals surface area contributed by atoms with Gasteiger partial charge in [-0.1, -0.05) is 38.1 Å². The van der Waals surface area contributed by atoms with E-state index in [1.807, 2.05) is 12.1 Å². The van der Waals surface area contributed by atoms with E-state index in [2.05, 4.69) is 36.1 Å². The standard InChI is InChI=1S/C17H17N3O/c1-12(2)14-5-3-13(4-6-14)9-17(21)15-10-19-20-8-7-18-11-16(15)20/h3-8,10-12H,9H2,1-2H3. The zero-order valence-electron chi connectivity index (χ0n) is 12.2. The van der Waals surface area contributed by atoms with Crippen LogP contribution in [0, 0.1) is 0 Å². The van der Waals surface area contributed by atoms with Gasteiger partial charge in [0.25, 0.3) is 0 Å². The third kappa shape index (κ3) is 2.70. The maximum absolute atomic E-state index is 12.4. The van der Waals surface area contributed by atoms with Crippen LogP contribution in [0.15, 0.2) is 49.1 Å². The van der Waals surface area contributed by atoms with Crippen molar-refractivity contribution >= 4 is 11.3 Å². The summed E-state index contributed by atoms with van der Waals surface area (Å²) in [5.41, 5.74) is 3.68. The van der Waals surface area contributed by atoms with Crippen molar-refractivity contribution < 1.29 is 4.79 Å². The Morgan fingerprint density at radius 3 is 2.67 bits per heavy atom. The van der Waals surface area contributed by atoms with Crippen molar-refractivity contribution in [2.24, 2.45) is 0 Å². The number of fused-ring (bicyclic) bond motifs is 1. The molecule has 0 aliphatic carbocycles. The number of aromatic nitrogens is 3. The van der Waals surface area contributed by atoms with E-state index in [1.165, 1.54) is 5.56 Å². The van der Waals surface area contributed by atoms with Crippen molar-refractivity contribution in [3.05, 3.63) is 65.7 Å². The number of hydrogen-bond donors (Lipinski definition) is 0. The van der Waals surface area contributed by atoms with Gasteiger partial charge in [-0.3, -0.25) is 9.78 Å². The van der Waals surface area contributed by atoms with Crippen LogP contribution < -0.4 is 0 Å². The quantitative estimate of drug-likeness (QED) is 0.689. The van der Waals surface area contributed by atoms with Gasteiger partial charge in [0.2, 0.25) is 0 Å². The van der Waals surface area contributed by atoms with Gasteiger partial charge in [0.1, 0.15) is 0 Å². The van der Waals surface area contributed by atoms with Crippen molar-refractivity contribution in [2.45, 2.75) is 26.2 Å². The van der Waals surface area contributed by atoms with Gasteiger partial charge in [-0.2, -0.15) is 5.10 Å². The molecule has 4 heteroatoms. The molecule has 0 N–H and O–H groups in total. The fourth-order valence-corrected chi connectivity index (χ4v) is 2.35. The van der Waals surface area contributed by atoms with Gasteiger partial charge >= 0.3 is 0 Å². The Morgan fingerprint density at radius 2 is 1.95 bits per heavy atom. The van der Waals surface area contributed by atoms with Crippen LogP contribution in [0.1, 0.15) is 41.3 Å². The second-order valence-electron chi connectivity index (χ2n) is 5.46. The van der Waals surface area contributed by atoms with Gasteiger partial charge in [-0.05, 0) is 17.0 Å². The van der Waals surface area contributed by atoms with E-state index in [0.717, 1.165) is 11.1 Å². The summed E-state index contributed by atoms with van der Waals surface area (Å²) in [6.45, 7) is 4.32. The highest BCUT2D eigenvalue weighted by Crippen LogP contribution is 2.17. The molecular formula is C17H17N3O. The summed E-state index contributed by atoms with van der Waals surface area (Å²) in [5, 5.41) is 4.17. The van der Waals surface area contributed by atoms with Gasteiger partial charge in [-0.15, -0.1) is 0 Å². The number of ketones is 1. The van der Waals surface area contributed by atoms with E-state index in [9.17, 15) is 4.79 Å². The van der Waals surface area contributed by atoms with Crippen LogP contribution in [0.2, 0.25) is 0 Å². The SMILES string of the molecule is CC(C)c1ccc(CC(=O)c2cnn3ccncc23)cc1. The smallest absolute Gasteiger partial charge is 0.171 e. The summed E-state index contributed by atoms with van der Waals surface area (Å²) in [4.78, 5) is 16.5. The van der Waals surface area contributed by atoms with Gasteiger partial charge < -0.3 is 0 Å². The summed E-state index contributed by atoms with van der Waals surface area (Å²) in [6, 6.07) is 8.23. The molecule has 0 amide bonds. The molecule has 0 fully saturated rings. The molecule has 0 spiro atoms. The first kappa shape index (κ1) is 13.5. The molecule has 4 nitrogen and oxygen atoms in total. The molecule has 2 aromatic heterocycles. The number of nitrogens with zero attached hydrogens (tertiary/aromatic N) is 3. The van der Waals surface area contributed by atoms with Crippen LogP contribution in [0.3, 0.4) is 0 Å². The Bertz CT molecular complexity index is 772. The predicted octanol–water partition coefficient (Wildman–Crippen LogP) is 3.28. The summed E-state index contributed by atoms with van der Waals surface area (Å²) < 4.78 is 1.67. The third-order valence-electron chi connectivity index (χ3n) is 3.64. The normalized spacial score (nSPS) is 11.2. The number of benzene rings is 1. The molecule has 3 rings (SSSR count). The van der Waals surface area contributed by atoms with Crippen LogP contribution in [0.4, 0.5) is 0 Å². The largest absolute Gasteiger partial charge is 0.294 e. The first-order valence-corrected chi connectivity index (χ1v) is 7.04. The minimum atomic E-state index is 0.0651. The van der Waals surface area contributed by atoms with Crippen molar-refractivity contribution in [1.29, 1.82) is 0 Å². The number of carbonyl (C=O) groups is 1. The molecule has 0 aliphatic rings. The van der Waals surface area contributed by atoms with E-state index in [0.29, 0.717) is 17.9 Å². The van der Waals surface area contributed by atoms with Crippen LogP contribution >= 0.6 is 0 Å². The lowest BCUT2D eigenvalue weighted by molar-refractivity contribution is 0.0994. The molecule has 106 valence electrons. The van der Waals surface area contributed by atoms with Crippen LogP contribution in [0.5, 0.6) is 0 Å². The van der Waals surface area contributed by atoms with E-state index in [-0.39, 0.29) is 5.78 Å². The van der Waals surface area contributed by atoms with Gasteiger partial charge in [0.15, 0.2) is 5.78 Å². The Balaban J connectivity index is 1.83. The Labute approximate surface area is 123 Å². The lowest BCUT2D eigenvalue weighted by atomic mass is 9.99. The topological polar surface area (TPSA) is 47.3 Å². The minimum absolute atomic E-state index is 0.0651. The summed E-state index contributed by atoms with van der Waals surface area (Å²) in [6.07, 6.45) is 7.06. The first-order valence-electron chi connectivity index (χ1n) is 7.04. The van der Waals surface area contributed by atoms with E-state index in [4.69, 9.17) is 0 Å². The predicted molar refractivity (Wildman–Crippen MR) is 81.6 cm³/mol. The Hall–Kier alpha value is -2.49. The van der Waals surface area contributed by atoms with Crippen LogP contribution in [-0.4, -0.2) is 20.4 Å². The highest BCUT2D eigenvalue weighted by atomic mass is 16.1. The third-order valence-corrected chi connectivity index (χ3v) is 3.64. The van der Waals surface area contributed by atoms with Crippen molar-refractivity contribution in [3.8, 4) is 0 Å². The van der Waals surface area contributed by atoms with Gasteiger partial charge in [0.05, 0.1) is 23.5 Å². The second-order valence-corrected chi connectivity index (χ2v) is 5.46. The molecule has 0 saturated carbocycles. The molecule has 0 aliphatic heterocycles. The van der Waals surface area contributed by atoms with E-state index < -0.39 is 0 Å². The summed E-state index contributed by atoms with van der Waals surface area (Å²) in [5.74, 6) is 0.566. The average Bonchev–Trinajstić information content (AvgIpc) is 2.92. The highest BCUT2D eigenvalue weighted by Gasteiger charge is 2.13. The van der Waals surface area contributed by atoms with Gasteiger partial charge in [0, 0.05) is 18.8 Å². The Morgan fingerprint density at radius 1 is 1.19 bits per heavy atom. The zero-order valence-corrected chi connectivity index (χ0v) is 12.2. The van der Waals surface area contributed by atoms with Crippen molar-refractivity contribution in [1.82, 2.24) is 14.6 Å². The first-order chi connectivity index (χ1) is 10.1. The lowest BCUT2D eigenvalue weighted by Gasteiger charge is -2.06. The number of Topliss-reactive ketones (excluding diaryl/α,β-unsaturated/α-hetero) is 1. The molecule has 0 unspecified atom stereocenters. The van der Waals surface area contributed by atoms with Gasteiger partial charge in [-0.25, -0.2) is 4.52 Å². The average molecular weight is 279 g/mol. The zero-order chi connectivity index (χ0) is 14.8. The molecular weight excluding hydrogens is 262 g/mol. The lowest BCUT2D eigenvalue weighted by Crippen LogP contribution is -2.03. The van der Waals surface area contributed by atoms with E-state index >= 15 is 0 Å². The summed E-state index contributed by atoms with van der Waals surface area (Å²) in [7, 11) is 0. The molecule has 0 atom stereocenters. The monoisotopic (exact) mass is 279 g/mol. The van der Waals surface area contributed by atoms with Crippen LogP contribution in [0.25, 0.3) is 5.52 Å². The van der Waals surface area contributed by atoms with Crippen LogP contribution in [-0.2, 0) is 6.42 Å². The fourth-order valence-electron chi connectivity index (χ4n) is 2.35. The summed E-state index contributed by atoms with van der Waals surface area (Å²) >= 11 is 0. The number of carbonyl (C=O) groups excluding carboxylic acids is 1. The maximum atomic E-state index is 12.4. The van der Waals surface area contributed by atoms with Crippen molar-refractivity contribution in [3.63, 3.8) is 0 Å². The minimum Gasteiger partial charge on any atom is -0.294 e. The maximum Gasteiger partial charge on any atom is 0.171 e. The second kappa shape index (κ2) is 5.48. The fraction of sp³-hybridized carbons (Fsp3) is 0.235. The molecule has 3 aromatic rings. The van der Waals surface area contributed by atoms with Crippen molar-refractivity contribution in [2.75, 3.05) is 0 Å². The highest BCUT2D eigenvalue weighted by molar-refractivity contribution is 6.03. The molecule has 0 saturated heterocycles. The molecule has 0 bridgehead atoms. The molecule has 2 heterocycles. The molecule has 1 aromatic carbocycles. The number of rotatable bonds is 4. The number of hydrogen-bond acceptors (Lipinski definition) is 3. The molecule has 21 heavy (non-hydrogen) atoms. The van der Waals surface area contributed by atoms with E-state index in [1.54, 1.807) is 29.3 Å².